The summed E-state index contributed by atoms with van der Waals surface area (Å²) in [6.45, 7) is 0. The molecule has 0 saturated heterocycles. The molecule has 5 nitrogen and oxygen atoms in total. The van der Waals surface area contributed by atoms with Crippen molar-refractivity contribution in [2.45, 2.75) is 0 Å². The molecule has 0 spiro atoms. The molecule has 2 aromatic carbocycles. The van der Waals surface area contributed by atoms with Crippen LogP contribution in [0.25, 0.3) is 34.1 Å². The molecule has 0 N–H and O–H groups in total. The van der Waals surface area contributed by atoms with E-state index < -0.39 is 0 Å². The van der Waals surface area contributed by atoms with E-state index in [0.29, 0.717) is 39.2 Å². The minimum absolute atomic E-state index is 0.211. The Morgan fingerprint density at radius 2 is 1.69 bits per heavy atom. The van der Waals surface area contributed by atoms with Gasteiger partial charge in [0.15, 0.2) is 16.6 Å². The largest absolute Gasteiger partial charge is 0.495 e. The first-order valence-corrected chi connectivity index (χ1v) is 8.05. The van der Waals surface area contributed by atoms with Crippen molar-refractivity contribution in [3.8, 4) is 11.5 Å². The predicted octanol–water partition coefficient (Wildman–Crippen LogP) is 4.73. The third-order valence-corrected chi connectivity index (χ3v) is 4.16. The average Bonchev–Trinajstić information content (AvgIpc) is 3.14. The number of hydrogen-bond acceptors (Lipinski definition) is 5. The van der Waals surface area contributed by atoms with Crippen LogP contribution in [0.5, 0.6) is 11.5 Å². The molecule has 4 aromatic rings. The monoisotopic (exact) mass is 348 g/mol. The highest BCUT2D eigenvalue weighted by Crippen LogP contribution is 2.42. The number of furan rings is 1. The van der Waals surface area contributed by atoms with Gasteiger partial charge < -0.3 is 18.3 Å². The second-order valence-corrected chi connectivity index (χ2v) is 5.69. The van der Waals surface area contributed by atoms with Gasteiger partial charge in [0.05, 0.1) is 25.9 Å². The zero-order valence-electron chi connectivity index (χ0n) is 14.3. The van der Waals surface area contributed by atoms with Crippen LogP contribution in [0, 0.1) is 0 Å². The molecule has 0 aliphatic carbocycles. The summed E-state index contributed by atoms with van der Waals surface area (Å²) in [6.07, 6.45) is 5.14. The molecule has 0 atom stereocenters. The van der Waals surface area contributed by atoms with Gasteiger partial charge >= 0.3 is 0 Å². The van der Waals surface area contributed by atoms with Crippen LogP contribution in [0.3, 0.4) is 0 Å². The van der Waals surface area contributed by atoms with E-state index in [9.17, 15) is 4.79 Å². The molecule has 2 aromatic heterocycles. The molecule has 26 heavy (non-hydrogen) atoms. The average molecular weight is 348 g/mol. The van der Waals surface area contributed by atoms with Gasteiger partial charge in [0, 0.05) is 6.07 Å². The molecular formula is C21H16O5. The molecule has 0 amide bonds. The van der Waals surface area contributed by atoms with Gasteiger partial charge in [-0.2, -0.15) is 0 Å². The van der Waals surface area contributed by atoms with Crippen LogP contribution in [0.4, 0.5) is 0 Å². The Hall–Kier alpha value is -3.47. The Kier molecular flexibility index (Phi) is 3.97. The SMILES string of the molecule is COc1c2occc2c(OC)c2c(=O)cc(/C=C\c3ccccc3)oc12. The van der Waals surface area contributed by atoms with Crippen molar-refractivity contribution in [3.05, 3.63) is 70.3 Å². The van der Waals surface area contributed by atoms with Gasteiger partial charge in [0.2, 0.25) is 5.75 Å². The molecule has 0 unspecified atom stereocenters. The normalized spacial score (nSPS) is 11.5. The van der Waals surface area contributed by atoms with Crippen LogP contribution < -0.4 is 14.9 Å². The number of hydrogen-bond donors (Lipinski definition) is 0. The highest BCUT2D eigenvalue weighted by atomic mass is 16.5. The highest BCUT2D eigenvalue weighted by molar-refractivity contribution is 6.06. The van der Waals surface area contributed by atoms with Crippen LogP contribution in [-0.4, -0.2) is 14.2 Å². The Morgan fingerprint density at radius 1 is 0.923 bits per heavy atom. The smallest absolute Gasteiger partial charge is 0.206 e. The lowest BCUT2D eigenvalue weighted by molar-refractivity contribution is 0.400. The molecule has 4 rings (SSSR count). The van der Waals surface area contributed by atoms with Crippen molar-refractivity contribution in [2.24, 2.45) is 0 Å². The molecule has 0 fully saturated rings. The van der Waals surface area contributed by atoms with Gasteiger partial charge in [0.1, 0.15) is 16.9 Å². The lowest BCUT2D eigenvalue weighted by Gasteiger charge is -2.10. The summed E-state index contributed by atoms with van der Waals surface area (Å²) in [5.41, 5.74) is 1.56. The zero-order valence-corrected chi connectivity index (χ0v) is 14.3. The number of methoxy groups -OCH3 is 2. The van der Waals surface area contributed by atoms with Crippen LogP contribution in [0.15, 0.2) is 62.4 Å². The van der Waals surface area contributed by atoms with Gasteiger partial charge in [-0.05, 0) is 17.7 Å². The van der Waals surface area contributed by atoms with E-state index in [1.54, 1.807) is 12.1 Å². The van der Waals surface area contributed by atoms with E-state index in [1.807, 2.05) is 36.4 Å². The maximum Gasteiger partial charge on any atom is 0.206 e. The molecule has 130 valence electrons. The Labute approximate surface area is 149 Å². The van der Waals surface area contributed by atoms with E-state index in [4.69, 9.17) is 18.3 Å². The topological polar surface area (TPSA) is 61.8 Å². The van der Waals surface area contributed by atoms with Gasteiger partial charge in [-0.25, -0.2) is 0 Å². The number of fused-ring (bicyclic) bond motifs is 2. The first-order chi connectivity index (χ1) is 12.7. The lowest BCUT2D eigenvalue weighted by atomic mass is 10.1. The summed E-state index contributed by atoms with van der Waals surface area (Å²) >= 11 is 0. The number of benzene rings is 2. The maximum atomic E-state index is 12.8. The summed E-state index contributed by atoms with van der Waals surface area (Å²) < 4.78 is 22.4. The van der Waals surface area contributed by atoms with Crippen LogP contribution in [-0.2, 0) is 0 Å². The fraction of sp³-hybridized carbons (Fsp3) is 0.0952. The van der Waals surface area contributed by atoms with Crippen molar-refractivity contribution in [2.75, 3.05) is 14.2 Å². The first-order valence-electron chi connectivity index (χ1n) is 8.05. The van der Waals surface area contributed by atoms with Crippen LogP contribution in [0.2, 0.25) is 0 Å². The number of rotatable bonds is 4. The second-order valence-electron chi connectivity index (χ2n) is 5.69. The predicted molar refractivity (Wildman–Crippen MR) is 101 cm³/mol. The summed E-state index contributed by atoms with van der Waals surface area (Å²) in [6, 6.07) is 12.9. The summed E-state index contributed by atoms with van der Waals surface area (Å²) in [5.74, 6) is 1.20. The molecule has 0 bridgehead atoms. The standard InChI is InChI=1S/C21H16O5/c1-23-18-15-10-11-25-19(15)21(24-2)20-17(18)16(22)12-14(26-20)9-8-13-6-4-3-5-7-13/h3-12H,1-2H3/b9-8-. The fourth-order valence-corrected chi connectivity index (χ4v) is 3.01. The van der Waals surface area contributed by atoms with E-state index >= 15 is 0 Å². The highest BCUT2D eigenvalue weighted by Gasteiger charge is 2.22. The maximum absolute atomic E-state index is 12.8. The Bertz CT molecular complexity index is 1170. The fourth-order valence-electron chi connectivity index (χ4n) is 3.01. The summed E-state index contributed by atoms with van der Waals surface area (Å²) in [7, 11) is 3.02. The van der Waals surface area contributed by atoms with Crippen molar-refractivity contribution in [3.63, 3.8) is 0 Å². The first kappa shape index (κ1) is 16.0. The number of ether oxygens (including phenoxy) is 2. The van der Waals surface area contributed by atoms with Crippen LogP contribution in [0.1, 0.15) is 11.3 Å². The Balaban J connectivity index is 1.98. The quantitative estimate of drug-likeness (QED) is 0.534. The van der Waals surface area contributed by atoms with Crippen molar-refractivity contribution >= 4 is 34.1 Å². The van der Waals surface area contributed by atoms with Crippen molar-refractivity contribution in [1.29, 1.82) is 0 Å². The summed E-state index contributed by atoms with van der Waals surface area (Å²) in [4.78, 5) is 12.8. The van der Waals surface area contributed by atoms with Gasteiger partial charge in [-0.1, -0.05) is 36.4 Å². The van der Waals surface area contributed by atoms with E-state index in [1.165, 1.54) is 26.5 Å². The second kappa shape index (κ2) is 6.44. The van der Waals surface area contributed by atoms with E-state index in [2.05, 4.69) is 0 Å². The van der Waals surface area contributed by atoms with Gasteiger partial charge in [-0.15, -0.1) is 0 Å². The zero-order chi connectivity index (χ0) is 18.1. The van der Waals surface area contributed by atoms with Crippen LogP contribution >= 0.6 is 0 Å². The van der Waals surface area contributed by atoms with Crippen molar-refractivity contribution < 1.29 is 18.3 Å². The summed E-state index contributed by atoms with van der Waals surface area (Å²) in [5, 5.41) is 0.992. The molecule has 0 aliphatic rings. The minimum Gasteiger partial charge on any atom is -0.495 e. The Morgan fingerprint density at radius 3 is 2.42 bits per heavy atom. The molecule has 0 saturated carbocycles. The third kappa shape index (κ3) is 2.54. The van der Waals surface area contributed by atoms with Gasteiger partial charge in [-0.3, -0.25) is 4.79 Å². The van der Waals surface area contributed by atoms with E-state index in [0.717, 1.165) is 5.56 Å². The third-order valence-electron chi connectivity index (χ3n) is 4.16. The molecule has 0 radical (unpaired) electrons. The molecular weight excluding hydrogens is 332 g/mol. The molecule has 5 heteroatoms. The molecule has 0 aliphatic heterocycles. The van der Waals surface area contributed by atoms with Crippen molar-refractivity contribution in [1.82, 2.24) is 0 Å². The van der Waals surface area contributed by atoms with Gasteiger partial charge in [0.25, 0.3) is 0 Å². The lowest BCUT2D eigenvalue weighted by Crippen LogP contribution is -2.04. The van der Waals surface area contributed by atoms with E-state index in [-0.39, 0.29) is 5.43 Å². The minimum atomic E-state index is -0.211. The molecule has 2 heterocycles.